The maximum Gasteiger partial charge on any atom is 0.0816 e. The Bertz CT molecular complexity index is 268. The summed E-state index contributed by atoms with van der Waals surface area (Å²) in [6.45, 7) is 6.53. The molecular weight excluding hydrogens is 198 g/mol. The van der Waals surface area contributed by atoms with Gasteiger partial charge in [-0.2, -0.15) is 0 Å². The van der Waals surface area contributed by atoms with E-state index in [0.29, 0.717) is 0 Å². The lowest BCUT2D eigenvalue weighted by atomic mass is 9.74. The Balaban J connectivity index is 1.71. The van der Waals surface area contributed by atoms with Crippen LogP contribution in [0.4, 0.5) is 0 Å². The molecule has 16 heavy (non-hydrogen) atoms. The molecule has 0 radical (unpaired) electrons. The largest absolute Gasteiger partial charge is 0.366 e. The fourth-order valence-corrected chi connectivity index (χ4v) is 3.84. The van der Waals surface area contributed by atoms with Crippen molar-refractivity contribution in [1.82, 2.24) is 5.32 Å². The molecule has 0 aromatic heterocycles. The molecule has 3 aliphatic rings. The van der Waals surface area contributed by atoms with E-state index < -0.39 is 0 Å². The quantitative estimate of drug-likeness (QED) is 0.738. The first-order chi connectivity index (χ1) is 7.59. The van der Waals surface area contributed by atoms with Crippen LogP contribution in [-0.2, 0) is 4.74 Å². The van der Waals surface area contributed by atoms with Crippen LogP contribution >= 0.6 is 0 Å². The van der Waals surface area contributed by atoms with Crippen LogP contribution in [0, 0.1) is 11.8 Å². The summed E-state index contributed by atoms with van der Waals surface area (Å²) in [6, 6.07) is 0. The van der Waals surface area contributed by atoms with Gasteiger partial charge >= 0.3 is 0 Å². The third-order valence-corrected chi connectivity index (χ3v) is 4.62. The average Bonchev–Trinajstić information content (AvgIpc) is 2.98. The van der Waals surface area contributed by atoms with Gasteiger partial charge in [0, 0.05) is 13.1 Å². The van der Waals surface area contributed by atoms with Gasteiger partial charge in [0.15, 0.2) is 0 Å². The molecule has 2 saturated carbocycles. The van der Waals surface area contributed by atoms with Crippen molar-refractivity contribution in [2.45, 2.75) is 63.6 Å². The maximum atomic E-state index is 6.45. The lowest BCUT2D eigenvalue weighted by Crippen LogP contribution is -2.59. The summed E-state index contributed by atoms with van der Waals surface area (Å²) >= 11 is 0. The van der Waals surface area contributed by atoms with Crippen LogP contribution in [0.1, 0.15) is 52.4 Å². The lowest BCUT2D eigenvalue weighted by molar-refractivity contribution is -0.183. The second-order valence-electron chi connectivity index (χ2n) is 6.84. The first-order valence-corrected chi connectivity index (χ1v) is 7.00. The molecule has 2 unspecified atom stereocenters. The first kappa shape index (κ1) is 11.0. The maximum absolute atomic E-state index is 6.45. The molecule has 2 nitrogen and oxygen atoms in total. The summed E-state index contributed by atoms with van der Waals surface area (Å²) in [5.74, 6) is 2.01. The van der Waals surface area contributed by atoms with Crippen LogP contribution in [0.5, 0.6) is 0 Å². The molecule has 3 fully saturated rings. The first-order valence-electron chi connectivity index (χ1n) is 7.00. The van der Waals surface area contributed by atoms with Crippen LogP contribution in [0.3, 0.4) is 0 Å². The summed E-state index contributed by atoms with van der Waals surface area (Å²) in [4.78, 5) is 0. The van der Waals surface area contributed by atoms with Crippen LogP contribution in [0.25, 0.3) is 0 Å². The van der Waals surface area contributed by atoms with Crippen molar-refractivity contribution in [3.05, 3.63) is 0 Å². The van der Waals surface area contributed by atoms with Gasteiger partial charge in [0.2, 0.25) is 0 Å². The van der Waals surface area contributed by atoms with Gasteiger partial charge in [-0.25, -0.2) is 0 Å². The van der Waals surface area contributed by atoms with Crippen molar-refractivity contribution < 1.29 is 4.74 Å². The van der Waals surface area contributed by atoms with Crippen molar-refractivity contribution in [3.8, 4) is 0 Å². The van der Waals surface area contributed by atoms with E-state index in [4.69, 9.17) is 4.74 Å². The van der Waals surface area contributed by atoms with Gasteiger partial charge in [-0.1, -0.05) is 6.42 Å². The zero-order valence-electron chi connectivity index (χ0n) is 10.7. The number of hydrogen-bond donors (Lipinski definition) is 1. The molecular formula is C14H25NO. The van der Waals surface area contributed by atoms with Gasteiger partial charge < -0.3 is 10.1 Å². The molecule has 1 heterocycles. The number of rotatable bonds is 1. The molecule has 0 amide bonds. The van der Waals surface area contributed by atoms with Crippen LogP contribution in [-0.4, -0.2) is 24.3 Å². The van der Waals surface area contributed by atoms with Crippen molar-refractivity contribution in [1.29, 1.82) is 0 Å². The molecule has 2 aliphatic carbocycles. The molecule has 0 aromatic carbocycles. The summed E-state index contributed by atoms with van der Waals surface area (Å²) in [5.41, 5.74) is 0.205. The van der Waals surface area contributed by atoms with E-state index in [1.54, 1.807) is 0 Å². The Morgan fingerprint density at radius 3 is 2.56 bits per heavy atom. The number of nitrogens with one attached hydrogen (secondary N) is 1. The third kappa shape index (κ3) is 2.14. The fourth-order valence-electron chi connectivity index (χ4n) is 3.84. The summed E-state index contributed by atoms with van der Waals surface area (Å²) in [6.07, 6.45) is 8.38. The predicted molar refractivity (Wildman–Crippen MR) is 65.4 cm³/mol. The van der Waals surface area contributed by atoms with E-state index in [1.807, 2.05) is 0 Å². The standard InChI is InChI=1S/C14H25NO/c1-13(2)9-15-10-14(16-13)7-3-4-12(8-14)11-5-6-11/h11-12,15H,3-10H2,1-2H3. The fraction of sp³-hybridized carbons (Fsp3) is 1.00. The minimum Gasteiger partial charge on any atom is -0.366 e. The zero-order valence-corrected chi connectivity index (χ0v) is 10.7. The average molecular weight is 223 g/mol. The predicted octanol–water partition coefficient (Wildman–Crippen LogP) is 2.72. The van der Waals surface area contributed by atoms with Gasteiger partial charge in [-0.05, 0) is 57.8 Å². The summed E-state index contributed by atoms with van der Waals surface area (Å²) in [7, 11) is 0. The second-order valence-corrected chi connectivity index (χ2v) is 6.84. The van der Waals surface area contributed by atoms with Gasteiger partial charge in [0.05, 0.1) is 11.2 Å². The third-order valence-electron chi connectivity index (χ3n) is 4.62. The highest BCUT2D eigenvalue weighted by Gasteiger charge is 2.46. The minimum atomic E-state index is 0.0314. The number of morpholine rings is 1. The molecule has 1 saturated heterocycles. The molecule has 1 spiro atoms. The van der Waals surface area contributed by atoms with Gasteiger partial charge in [-0.3, -0.25) is 0 Å². The monoisotopic (exact) mass is 223 g/mol. The van der Waals surface area contributed by atoms with E-state index in [1.165, 1.54) is 38.5 Å². The van der Waals surface area contributed by atoms with Crippen LogP contribution < -0.4 is 5.32 Å². The molecule has 1 N–H and O–H groups in total. The topological polar surface area (TPSA) is 21.3 Å². The van der Waals surface area contributed by atoms with Crippen molar-refractivity contribution in [2.75, 3.05) is 13.1 Å². The van der Waals surface area contributed by atoms with E-state index in [-0.39, 0.29) is 11.2 Å². The number of hydrogen-bond acceptors (Lipinski definition) is 2. The normalized spacial score (nSPS) is 43.5. The molecule has 92 valence electrons. The van der Waals surface area contributed by atoms with E-state index in [2.05, 4.69) is 19.2 Å². The van der Waals surface area contributed by atoms with Gasteiger partial charge in [0.25, 0.3) is 0 Å². The van der Waals surface area contributed by atoms with E-state index in [0.717, 1.165) is 24.9 Å². The highest BCUT2D eigenvalue weighted by Crippen LogP contribution is 2.48. The van der Waals surface area contributed by atoms with Crippen molar-refractivity contribution in [3.63, 3.8) is 0 Å². The molecule has 2 atom stereocenters. The van der Waals surface area contributed by atoms with Crippen LogP contribution in [0.2, 0.25) is 0 Å². The second kappa shape index (κ2) is 3.71. The zero-order chi connectivity index (χ0) is 11.2. The van der Waals surface area contributed by atoms with Crippen LogP contribution in [0.15, 0.2) is 0 Å². The smallest absolute Gasteiger partial charge is 0.0816 e. The Hall–Kier alpha value is -0.0800. The number of ether oxygens (including phenoxy) is 1. The highest BCUT2D eigenvalue weighted by molar-refractivity contribution is 4.99. The Labute approximate surface area is 99.1 Å². The Morgan fingerprint density at radius 2 is 1.88 bits per heavy atom. The summed E-state index contributed by atoms with van der Waals surface area (Å²) < 4.78 is 6.45. The van der Waals surface area contributed by atoms with E-state index in [9.17, 15) is 0 Å². The van der Waals surface area contributed by atoms with E-state index >= 15 is 0 Å². The molecule has 2 heteroatoms. The SMILES string of the molecule is CC1(C)CNCC2(CCCC(C3CC3)C2)O1. The molecule has 0 aromatic rings. The van der Waals surface area contributed by atoms with Gasteiger partial charge in [0.1, 0.15) is 0 Å². The Kier molecular flexibility index (Phi) is 2.56. The molecule has 0 bridgehead atoms. The van der Waals surface area contributed by atoms with Crippen molar-refractivity contribution in [2.24, 2.45) is 11.8 Å². The minimum absolute atomic E-state index is 0.0314. The summed E-state index contributed by atoms with van der Waals surface area (Å²) in [5, 5.41) is 3.59. The molecule has 1 aliphatic heterocycles. The molecule has 3 rings (SSSR count). The van der Waals surface area contributed by atoms with Gasteiger partial charge in [-0.15, -0.1) is 0 Å². The van der Waals surface area contributed by atoms with Crippen molar-refractivity contribution >= 4 is 0 Å². The lowest BCUT2D eigenvalue weighted by Gasteiger charge is -2.49. The highest BCUT2D eigenvalue weighted by atomic mass is 16.5. The Morgan fingerprint density at radius 1 is 1.06 bits per heavy atom.